The Balaban J connectivity index is 2.26. The summed E-state index contributed by atoms with van der Waals surface area (Å²) >= 11 is 0. The smallest absolute Gasteiger partial charge is 0.0669 e. The van der Waals surface area contributed by atoms with Gasteiger partial charge in [-0.1, -0.05) is 27.7 Å². The quantitative estimate of drug-likeness (QED) is 0.776. The molecule has 0 aromatic carbocycles. The van der Waals surface area contributed by atoms with E-state index in [4.69, 9.17) is 5.10 Å². The van der Waals surface area contributed by atoms with Crippen molar-refractivity contribution in [1.29, 1.82) is 0 Å². The highest BCUT2D eigenvalue weighted by molar-refractivity contribution is 5.27. The third-order valence-corrected chi connectivity index (χ3v) is 4.30. The van der Waals surface area contributed by atoms with Gasteiger partial charge in [0.25, 0.3) is 0 Å². The molecule has 0 bridgehead atoms. The topological polar surface area (TPSA) is 29.9 Å². The van der Waals surface area contributed by atoms with E-state index in [-0.39, 0.29) is 0 Å². The number of rotatable bonds is 8. The van der Waals surface area contributed by atoms with Gasteiger partial charge >= 0.3 is 0 Å². The fraction of sp³-hybridized carbons (Fsp3) is 0.812. The molecule has 1 N–H and O–H groups in total. The molecule has 0 unspecified atom stereocenters. The summed E-state index contributed by atoms with van der Waals surface area (Å²) in [6.07, 6.45) is 7.17. The van der Waals surface area contributed by atoms with Crippen LogP contribution < -0.4 is 5.32 Å². The van der Waals surface area contributed by atoms with Gasteiger partial charge in [-0.2, -0.15) is 5.10 Å². The number of aromatic nitrogens is 2. The first-order valence-electron chi connectivity index (χ1n) is 8.07. The molecule has 3 heteroatoms. The number of nitrogens with zero attached hydrogens (tertiary/aromatic N) is 2. The van der Waals surface area contributed by atoms with Crippen molar-refractivity contribution in [3.8, 4) is 0 Å². The lowest BCUT2D eigenvalue weighted by atomic mass is 10.1. The van der Waals surface area contributed by atoms with E-state index >= 15 is 0 Å². The second-order valence-corrected chi connectivity index (χ2v) is 5.65. The van der Waals surface area contributed by atoms with Crippen molar-refractivity contribution in [3.63, 3.8) is 0 Å². The van der Waals surface area contributed by atoms with Crippen molar-refractivity contribution >= 4 is 0 Å². The van der Waals surface area contributed by atoms with Gasteiger partial charge in [-0.15, -0.1) is 0 Å². The van der Waals surface area contributed by atoms with Gasteiger partial charge in [0.2, 0.25) is 0 Å². The summed E-state index contributed by atoms with van der Waals surface area (Å²) < 4.78 is 2.32. The van der Waals surface area contributed by atoms with E-state index in [1.54, 1.807) is 0 Å². The molecule has 1 saturated carbocycles. The molecule has 0 atom stereocenters. The molecule has 0 aliphatic heterocycles. The third kappa shape index (κ3) is 3.19. The normalized spacial score (nSPS) is 15.4. The fourth-order valence-corrected chi connectivity index (χ4v) is 2.89. The van der Waals surface area contributed by atoms with Gasteiger partial charge in [0.1, 0.15) is 0 Å². The van der Waals surface area contributed by atoms with Crippen molar-refractivity contribution < 1.29 is 0 Å². The van der Waals surface area contributed by atoms with Crippen molar-refractivity contribution in [3.05, 3.63) is 17.0 Å². The van der Waals surface area contributed by atoms with E-state index < -0.39 is 0 Å². The van der Waals surface area contributed by atoms with Gasteiger partial charge in [0.05, 0.1) is 11.7 Å². The van der Waals surface area contributed by atoms with E-state index in [2.05, 4.69) is 37.7 Å². The summed E-state index contributed by atoms with van der Waals surface area (Å²) in [6.45, 7) is 10.0. The molecule has 0 radical (unpaired) electrons. The first-order valence-corrected chi connectivity index (χ1v) is 8.07. The number of aryl methyl sites for hydroxylation is 1. The van der Waals surface area contributed by atoms with Crippen LogP contribution in [0.2, 0.25) is 0 Å². The van der Waals surface area contributed by atoms with Crippen LogP contribution in [-0.2, 0) is 19.4 Å². The minimum atomic E-state index is 0.565. The van der Waals surface area contributed by atoms with Crippen LogP contribution in [0.4, 0.5) is 0 Å². The maximum absolute atomic E-state index is 4.92. The zero-order valence-corrected chi connectivity index (χ0v) is 13.0. The average Bonchev–Trinajstić information content (AvgIpc) is 3.19. The summed E-state index contributed by atoms with van der Waals surface area (Å²) in [5.41, 5.74) is 4.24. The molecule has 1 aliphatic carbocycles. The maximum atomic E-state index is 4.92. The van der Waals surface area contributed by atoms with Crippen molar-refractivity contribution in [2.75, 3.05) is 0 Å². The molecule has 3 nitrogen and oxygen atoms in total. The third-order valence-electron chi connectivity index (χ3n) is 4.30. The Morgan fingerprint density at radius 1 is 1.16 bits per heavy atom. The highest BCUT2D eigenvalue weighted by Crippen LogP contribution is 2.25. The lowest BCUT2D eigenvalue weighted by Crippen LogP contribution is -2.18. The van der Waals surface area contributed by atoms with Crippen molar-refractivity contribution in [2.24, 2.45) is 0 Å². The van der Waals surface area contributed by atoms with Crippen LogP contribution in [0, 0.1) is 0 Å². The van der Waals surface area contributed by atoms with E-state index in [1.807, 2.05) is 0 Å². The molecular weight excluding hydrogens is 234 g/mol. The molecule has 108 valence electrons. The van der Waals surface area contributed by atoms with Gasteiger partial charge < -0.3 is 5.32 Å². The van der Waals surface area contributed by atoms with Crippen molar-refractivity contribution in [1.82, 2.24) is 15.1 Å². The van der Waals surface area contributed by atoms with Crippen LogP contribution in [-0.4, -0.2) is 15.8 Å². The lowest BCUT2D eigenvalue weighted by molar-refractivity contribution is 0.412. The first kappa shape index (κ1) is 14.6. The molecule has 1 fully saturated rings. The van der Waals surface area contributed by atoms with E-state index in [1.165, 1.54) is 42.6 Å². The van der Waals surface area contributed by atoms with E-state index in [0.717, 1.165) is 25.4 Å². The zero-order chi connectivity index (χ0) is 13.8. The van der Waals surface area contributed by atoms with Crippen LogP contribution in [0.25, 0.3) is 0 Å². The Hall–Kier alpha value is -0.830. The standard InChI is InChI=1S/C16H29N3/c1-5-13(6-2)19-16(8-4)14(15(7-3)18-19)11-17-12-9-10-12/h12-13,17H,5-11H2,1-4H3. The predicted octanol–water partition coefficient (Wildman–Crippen LogP) is 3.62. The predicted molar refractivity (Wildman–Crippen MR) is 80.5 cm³/mol. The van der Waals surface area contributed by atoms with Crippen molar-refractivity contribution in [2.45, 2.75) is 84.8 Å². The number of nitrogens with one attached hydrogen (secondary N) is 1. The molecular formula is C16H29N3. The Morgan fingerprint density at radius 2 is 1.84 bits per heavy atom. The minimum Gasteiger partial charge on any atom is -0.310 e. The Labute approximate surface area is 117 Å². The Kier molecular flexibility index (Phi) is 5.03. The second kappa shape index (κ2) is 6.56. The highest BCUT2D eigenvalue weighted by atomic mass is 15.3. The lowest BCUT2D eigenvalue weighted by Gasteiger charge is -2.17. The molecule has 0 amide bonds. The molecule has 0 spiro atoms. The van der Waals surface area contributed by atoms with E-state index in [0.29, 0.717) is 6.04 Å². The van der Waals surface area contributed by atoms with Gasteiger partial charge in [-0.25, -0.2) is 0 Å². The Morgan fingerprint density at radius 3 is 2.32 bits per heavy atom. The Bertz CT molecular complexity index is 400. The zero-order valence-electron chi connectivity index (χ0n) is 13.0. The molecule has 2 rings (SSSR count). The maximum Gasteiger partial charge on any atom is 0.0669 e. The summed E-state index contributed by atoms with van der Waals surface area (Å²) in [6, 6.07) is 1.33. The van der Waals surface area contributed by atoms with Gasteiger partial charge in [0, 0.05) is 23.8 Å². The van der Waals surface area contributed by atoms with Crippen LogP contribution in [0.3, 0.4) is 0 Å². The fourth-order valence-electron chi connectivity index (χ4n) is 2.89. The van der Waals surface area contributed by atoms with E-state index in [9.17, 15) is 0 Å². The number of hydrogen-bond acceptors (Lipinski definition) is 2. The molecule has 1 aromatic heterocycles. The van der Waals surface area contributed by atoms with Gasteiger partial charge in [0.15, 0.2) is 0 Å². The second-order valence-electron chi connectivity index (χ2n) is 5.65. The molecule has 0 saturated heterocycles. The molecule has 1 aromatic rings. The molecule has 1 heterocycles. The minimum absolute atomic E-state index is 0.565. The first-order chi connectivity index (χ1) is 9.24. The molecule has 19 heavy (non-hydrogen) atoms. The van der Waals surface area contributed by atoms with Crippen LogP contribution in [0.5, 0.6) is 0 Å². The van der Waals surface area contributed by atoms with Crippen LogP contribution in [0.1, 0.15) is 76.4 Å². The van der Waals surface area contributed by atoms with Crippen LogP contribution >= 0.6 is 0 Å². The summed E-state index contributed by atoms with van der Waals surface area (Å²) in [5, 5.41) is 8.57. The number of hydrogen-bond donors (Lipinski definition) is 1. The monoisotopic (exact) mass is 263 g/mol. The molecule has 1 aliphatic rings. The summed E-state index contributed by atoms with van der Waals surface area (Å²) in [4.78, 5) is 0. The van der Waals surface area contributed by atoms with Gasteiger partial charge in [-0.3, -0.25) is 4.68 Å². The summed E-state index contributed by atoms with van der Waals surface area (Å²) in [5.74, 6) is 0. The van der Waals surface area contributed by atoms with Gasteiger partial charge in [-0.05, 0) is 38.5 Å². The highest BCUT2D eigenvalue weighted by Gasteiger charge is 2.23. The largest absolute Gasteiger partial charge is 0.310 e. The SMILES string of the molecule is CCc1nn(C(CC)CC)c(CC)c1CNC1CC1. The summed E-state index contributed by atoms with van der Waals surface area (Å²) in [7, 11) is 0. The average molecular weight is 263 g/mol. The van der Waals surface area contributed by atoms with Crippen LogP contribution in [0.15, 0.2) is 0 Å².